The van der Waals surface area contributed by atoms with Crippen molar-refractivity contribution in [3.8, 4) is 0 Å². The predicted octanol–water partition coefficient (Wildman–Crippen LogP) is 1.28. The summed E-state index contributed by atoms with van der Waals surface area (Å²) < 4.78 is 11.0. The lowest BCUT2D eigenvalue weighted by molar-refractivity contribution is -0.149. The molecule has 0 aliphatic carbocycles. The first-order valence-corrected chi connectivity index (χ1v) is 5.16. The molecule has 0 aromatic heterocycles. The maximum absolute atomic E-state index is 11.9. The Hall–Kier alpha value is -0.830. The first-order valence-electron chi connectivity index (χ1n) is 5.16. The molecular weight excluding hydrogens is 180 g/mol. The lowest BCUT2D eigenvalue weighted by atomic mass is 9.59. The van der Waals surface area contributed by atoms with Gasteiger partial charge in [0.1, 0.15) is 12.0 Å². The Balaban J connectivity index is 2.19. The van der Waals surface area contributed by atoms with Gasteiger partial charge in [0.15, 0.2) is 0 Å². The number of carbonyl (C=O) groups excluding carboxylic acids is 1. The summed E-state index contributed by atoms with van der Waals surface area (Å²) in [6, 6.07) is 0. The Morgan fingerprint density at radius 2 is 2.21 bits per heavy atom. The van der Waals surface area contributed by atoms with Crippen molar-refractivity contribution in [3.05, 3.63) is 12.2 Å². The number of rotatable bonds is 1. The summed E-state index contributed by atoms with van der Waals surface area (Å²) in [4.78, 5) is 11.9. The number of esters is 1. The standard InChI is InChI=1S/C11H14O3/c1-3-11-8-5-4-7(14-8)10(11,2)6-13-9(11)12/h4-5,7-8H,3,6H2,1-2H3. The summed E-state index contributed by atoms with van der Waals surface area (Å²) in [7, 11) is 0. The zero-order valence-electron chi connectivity index (χ0n) is 8.45. The second-order valence-electron chi connectivity index (χ2n) is 4.68. The van der Waals surface area contributed by atoms with Gasteiger partial charge in [0.25, 0.3) is 0 Å². The molecule has 2 bridgehead atoms. The van der Waals surface area contributed by atoms with E-state index in [2.05, 4.69) is 13.0 Å². The van der Waals surface area contributed by atoms with Gasteiger partial charge in [0.05, 0.1) is 17.6 Å². The van der Waals surface area contributed by atoms with Gasteiger partial charge >= 0.3 is 5.97 Å². The predicted molar refractivity (Wildman–Crippen MR) is 49.6 cm³/mol. The zero-order valence-corrected chi connectivity index (χ0v) is 8.45. The summed E-state index contributed by atoms with van der Waals surface area (Å²) in [5, 5.41) is 0. The molecule has 0 amide bonds. The Labute approximate surface area is 83.1 Å². The number of cyclic esters (lactones) is 1. The zero-order chi connectivity index (χ0) is 9.97. The average molecular weight is 194 g/mol. The second kappa shape index (κ2) is 2.22. The van der Waals surface area contributed by atoms with E-state index in [9.17, 15) is 4.79 Å². The Kier molecular flexibility index (Phi) is 1.34. The van der Waals surface area contributed by atoms with Gasteiger partial charge in [-0.2, -0.15) is 0 Å². The topological polar surface area (TPSA) is 35.5 Å². The number of carbonyl (C=O) groups is 1. The summed E-state index contributed by atoms with van der Waals surface area (Å²) >= 11 is 0. The molecule has 0 N–H and O–H groups in total. The number of ether oxygens (including phenoxy) is 2. The Bertz CT molecular complexity index is 335. The minimum Gasteiger partial charge on any atom is -0.464 e. The monoisotopic (exact) mass is 194 g/mol. The fourth-order valence-electron chi connectivity index (χ4n) is 3.33. The smallest absolute Gasteiger partial charge is 0.315 e. The van der Waals surface area contributed by atoms with Gasteiger partial charge < -0.3 is 9.47 Å². The van der Waals surface area contributed by atoms with Crippen LogP contribution in [0.15, 0.2) is 12.2 Å². The fourth-order valence-corrected chi connectivity index (χ4v) is 3.33. The summed E-state index contributed by atoms with van der Waals surface area (Å²) in [6.45, 7) is 4.66. The molecule has 3 rings (SSSR count). The van der Waals surface area contributed by atoms with Crippen LogP contribution >= 0.6 is 0 Å². The van der Waals surface area contributed by atoms with Crippen LogP contribution in [0.2, 0.25) is 0 Å². The number of hydrogen-bond acceptors (Lipinski definition) is 3. The van der Waals surface area contributed by atoms with Crippen molar-refractivity contribution < 1.29 is 14.3 Å². The summed E-state index contributed by atoms with van der Waals surface area (Å²) in [5.74, 6) is -0.0700. The molecule has 3 heteroatoms. The van der Waals surface area contributed by atoms with Gasteiger partial charge in [-0.3, -0.25) is 4.79 Å². The number of fused-ring (bicyclic) bond motifs is 5. The first-order chi connectivity index (χ1) is 6.65. The summed E-state index contributed by atoms with van der Waals surface area (Å²) in [5.41, 5.74) is -0.551. The van der Waals surface area contributed by atoms with Crippen molar-refractivity contribution in [2.75, 3.05) is 6.61 Å². The van der Waals surface area contributed by atoms with E-state index in [-0.39, 0.29) is 23.6 Å². The van der Waals surface area contributed by atoms with Crippen molar-refractivity contribution in [1.82, 2.24) is 0 Å². The molecule has 0 spiro atoms. The molecule has 0 saturated carbocycles. The molecule has 3 heterocycles. The third kappa shape index (κ3) is 0.592. The molecule has 3 aliphatic heterocycles. The molecule has 0 radical (unpaired) electrons. The van der Waals surface area contributed by atoms with Gasteiger partial charge in [-0.1, -0.05) is 26.0 Å². The van der Waals surface area contributed by atoms with E-state index >= 15 is 0 Å². The van der Waals surface area contributed by atoms with E-state index in [0.29, 0.717) is 6.61 Å². The highest BCUT2D eigenvalue weighted by Gasteiger charge is 2.72. The highest BCUT2D eigenvalue weighted by atomic mass is 16.6. The molecule has 76 valence electrons. The van der Waals surface area contributed by atoms with Crippen LogP contribution in [-0.2, 0) is 14.3 Å². The molecule has 14 heavy (non-hydrogen) atoms. The van der Waals surface area contributed by atoms with Crippen LogP contribution in [0, 0.1) is 10.8 Å². The third-order valence-electron chi connectivity index (χ3n) is 4.31. The van der Waals surface area contributed by atoms with Crippen LogP contribution < -0.4 is 0 Å². The second-order valence-corrected chi connectivity index (χ2v) is 4.68. The Morgan fingerprint density at radius 3 is 2.86 bits per heavy atom. The van der Waals surface area contributed by atoms with E-state index < -0.39 is 5.41 Å². The number of hydrogen-bond donors (Lipinski definition) is 0. The fraction of sp³-hybridized carbons (Fsp3) is 0.727. The van der Waals surface area contributed by atoms with Gasteiger partial charge in [-0.15, -0.1) is 0 Å². The van der Waals surface area contributed by atoms with Crippen LogP contribution in [0.5, 0.6) is 0 Å². The highest BCUT2D eigenvalue weighted by Crippen LogP contribution is 2.62. The van der Waals surface area contributed by atoms with E-state index in [1.807, 2.05) is 13.0 Å². The van der Waals surface area contributed by atoms with Gasteiger partial charge in [-0.05, 0) is 6.42 Å². The quantitative estimate of drug-likeness (QED) is 0.466. The molecule has 0 aromatic carbocycles. The van der Waals surface area contributed by atoms with Crippen LogP contribution in [0.25, 0.3) is 0 Å². The largest absolute Gasteiger partial charge is 0.464 e. The van der Waals surface area contributed by atoms with Crippen molar-refractivity contribution in [3.63, 3.8) is 0 Å². The van der Waals surface area contributed by atoms with Crippen LogP contribution in [-0.4, -0.2) is 24.8 Å². The van der Waals surface area contributed by atoms with E-state index in [0.717, 1.165) is 6.42 Å². The van der Waals surface area contributed by atoms with E-state index in [1.165, 1.54) is 0 Å². The van der Waals surface area contributed by atoms with Crippen molar-refractivity contribution in [2.45, 2.75) is 32.5 Å². The highest BCUT2D eigenvalue weighted by molar-refractivity contribution is 5.83. The first kappa shape index (κ1) is 8.48. The van der Waals surface area contributed by atoms with E-state index in [4.69, 9.17) is 9.47 Å². The molecule has 3 nitrogen and oxygen atoms in total. The van der Waals surface area contributed by atoms with Crippen LogP contribution in [0.1, 0.15) is 20.3 Å². The third-order valence-corrected chi connectivity index (χ3v) is 4.31. The summed E-state index contributed by atoms with van der Waals surface area (Å²) in [6.07, 6.45) is 4.90. The van der Waals surface area contributed by atoms with Crippen molar-refractivity contribution in [1.29, 1.82) is 0 Å². The van der Waals surface area contributed by atoms with Gasteiger partial charge in [0.2, 0.25) is 0 Å². The van der Waals surface area contributed by atoms with Crippen molar-refractivity contribution >= 4 is 5.97 Å². The average Bonchev–Trinajstić information content (AvgIpc) is 2.78. The minimum atomic E-state index is -0.410. The van der Waals surface area contributed by atoms with E-state index in [1.54, 1.807) is 0 Å². The molecule has 2 saturated heterocycles. The Morgan fingerprint density at radius 1 is 1.50 bits per heavy atom. The van der Waals surface area contributed by atoms with Crippen molar-refractivity contribution in [2.24, 2.45) is 10.8 Å². The normalized spacial score (nSPS) is 53.7. The lowest BCUT2D eigenvalue weighted by Crippen LogP contribution is -2.47. The molecule has 0 aromatic rings. The van der Waals surface area contributed by atoms with Crippen LogP contribution in [0.4, 0.5) is 0 Å². The molecule has 3 aliphatic rings. The maximum atomic E-state index is 11.9. The van der Waals surface area contributed by atoms with Gasteiger partial charge in [-0.25, -0.2) is 0 Å². The lowest BCUT2D eigenvalue weighted by Gasteiger charge is -2.36. The SMILES string of the molecule is CCC12C(=O)OCC1(C)C1C=CC2O1. The molecular formula is C11H14O3. The molecule has 2 fully saturated rings. The minimum absolute atomic E-state index is 0.0579. The van der Waals surface area contributed by atoms with Crippen LogP contribution in [0.3, 0.4) is 0 Å². The van der Waals surface area contributed by atoms with Gasteiger partial charge in [0, 0.05) is 0 Å². The molecule has 4 unspecified atom stereocenters. The maximum Gasteiger partial charge on any atom is 0.315 e. The molecule has 4 atom stereocenters.